The Hall–Kier alpha value is -0.0800. The van der Waals surface area contributed by atoms with E-state index in [9.17, 15) is 0 Å². The van der Waals surface area contributed by atoms with Crippen LogP contribution < -0.4 is 5.32 Å². The van der Waals surface area contributed by atoms with Crippen LogP contribution in [-0.4, -0.2) is 23.8 Å². The van der Waals surface area contributed by atoms with Crippen molar-refractivity contribution in [3.63, 3.8) is 0 Å². The molecule has 0 aromatic carbocycles. The van der Waals surface area contributed by atoms with Gasteiger partial charge in [0.05, 0.1) is 6.10 Å². The van der Waals surface area contributed by atoms with Crippen LogP contribution in [0.25, 0.3) is 0 Å². The van der Waals surface area contributed by atoms with Gasteiger partial charge in [-0.3, -0.25) is 0 Å². The van der Waals surface area contributed by atoms with Gasteiger partial charge in [-0.2, -0.15) is 0 Å². The number of hydrogen-bond donors (Lipinski definition) is 1. The topological polar surface area (TPSA) is 21.3 Å². The molecule has 0 aromatic rings. The maximum Gasteiger partial charge on any atom is 0.0610 e. The van der Waals surface area contributed by atoms with Gasteiger partial charge in [-0.1, -0.05) is 58.8 Å². The fraction of sp³-hybridized carbons (Fsp3) is 1.00. The quantitative estimate of drug-likeness (QED) is 0.551. The molecular weight excluding hydrogens is 306 g/mol. The van der Waals surface area contributed by atoms with Crippen molar-refractivity contribution in [1.29, 1.82) is 0 Å². The Morgan fingerprint density at radius 2 is 1.44 bits per heavy atom. The highest BCUT2D eigenvalue weighted by atomic mass is 16.5. The van der Waals surface area contributed by atoms with Crippen LogP contribution >= 0.6 is 0 Å². The van der Waals surface area contributed by atoms with Crippen LogP contribution in [0, 0.1) is 17.8 Å². The number of rotatable bonds is 8. The molecule has 1 aliphatic carbocycles. The molecule has 2 heteroatoms. The number of nitrogens with one attached hydrogen (secondary N) is 1. The van der Waals surface area contributed by atoms with E-state index in [1.54, 1.807) is 0 Å². The van der Waals surface area contributed by atoms with E-state index in [4.69, 9.17) is 4.74 Å². The van der Waals surface area contributed by atoms with Gasteiger partial charge in [0.2, 0.25) is 0 Å². The van der Waals surface area contributed by atoms with Crippen LogP contribution in [0.2, 0.25) is 0 Å². The molecule has 1 N–H and O–H groups in total. The Morgan fingerprint density at radius 1 is 0.920 bits per heavy atom. The van der Waals surface area contributed by atoms with Crippen LogP contribution in [0.5, 0.6) is 0 Å². The lowest BCUT2D eigenvalue weighted by molar-refractivity contribution is -0.0346. The van der Waals surface area contributed by atoms with Gasteiger partial charge in [-0.25, -0.2) is 0 Å². The minimum absolute atomic E-state index is 0.187. The predicted molar refractivity (Wildman–Crippen MR) is 109 cm³/mol. The molecule has 2 fully saturated rings. The first-order valence-corrected chi connectivity index (χ1v) is 11.1. The second kappa shape index (κ2) is 9.22. The second-order valence-electron chi connectivity index (χ2n) is 10.6. The molecule has 0 amide bonds. The van der Waals surface area contributed by atoms with Crippen LogP contribution in [0.4, 0.5) is 0 Å². The van der Waals surface area contributed by atoms with Crippen molar-refractivity contribution < 1.29 is 4.74 Å². The maximum atomic E-state index is 6.36. The van der Waals surface area contributed by atoms with Gasteiger partial charge < -0.3 is 10.1 Å². The van der Waals surface area contributed by atoms with Crippen molar-refractivity contribution in [3.05, 3.63) is 0 Å². The molecule has 1 saturated heterocycles. The van der Waals surface area contributed by atoms with E-state index in [-0.39, 0.29) is 11.1 Å². The minimum Gasteiger partial charge on any atom is -0.378 e. The van der Waals surface area contributed by atoms with Crippen molar-refractivity contribution in [2.75, 3.05) is 6.61 Å². The fourth-order valence-corrected chi connectivity index (χ4v) is 5.47. The zero-order valence-electron chi connectivity index (χ0n) is 18.0. The smallest absolute Gasteiger partial charge is 0.0610 e. The lowest BCUT2D eigenvalue weighted by atomic mass is 9.77. The Kier molecular flexibility index (Phi) is 7.83. The van der Waals surface area contributed by atoms with Crippen LogP contribution in [0.15, 0.2) is 0 Å². The maximum absolute atomic E-state index is 6.36. The highest BCUT2D eigenvalue weighted by Gasteiger charge is 2.38. The average molecular weight is 352 g/mol. The third-order valence-corrected chi connectivity index (χ3v) is 6.50. The van der Waals surface area contributed by atoms with Crippen molar-refractivity contribution in [2.24, 2.45) is 17.8 Å². The third-order valence-electron chi connectivity index (χ3n) is 6.50. The zero-order valence-corrected chi connectivity index (χ0v) is 18.0. The fourth-order valence-electron chi connectivity index (χ4n) is 5.47. The van der Waals surface area contributed by atoms with E-state index < -0.39 is 0 Å². The van der Waals surface area contributed by atoms with Gasteiger partial charge in [0.1, 0.15) is 0 Å². The SMILES string of the molecule is CCCC1CCC(CCC(C)COC2CC(C)(C)NC(C)(C)C2)CC1. The molecule has 1 unspecified atom stereocenters. The molecular formula is C23H45NO. The summed E-state index contributed by atoms with van der Waals surface area (Å²) in [6.07, 6.45) is 14.2. The molecule has 0 bridgehead atoms. The molecule has 148 valence electrons. The van der Waals surface area contributed by atoms with E-state index in [1.807, 2.05) is 0 Å². The summed E-state index contributed by atoms with van der Waals surface area (Å²) in [6, 6.07) is 0. The molecule has 0 spiro atoms. The zero-order chi connectivity index (χ0) is 18.5. The summed E-state index contributed by atoms with van der Waals surface area (Å²) < 4.78 is 6.36. The van der Waals surface area contributed by atoms with Crippen molar-refractivity contribution >= 4 is 0 Å². The molecule has 2 rings (SSSR count). The van der Waals surface area contributed by atoms with Crippen LogP contribution in [0.3, 0.4) is 0 Å². The summed E-state index contributed by atoms with van der Waals surface area (Å²) >= 11 is 0. The molecule has 1 heterocycles. The molecule has 2 nitrogen and oxygen atoms in total. The van der Waals surface area contributed by atoms with Crippen molar-refractivity contribution in [1.82, 2.24) is 5.32 Å². The Morgan fingerprint density at radius 3 is 1.96 bits per heavy atom. The molecule has 2 aliphatic rings. The van der Waals surface area contributed by atoms with Gasteiger partial charge >= 0.3 is 0 Å². The van der Waals surface area contributed by atoms with Gasteiger partial charge in [0.25, 0.3) is 0 Å². The van der Waals surface area contributed by atoms with E-state index in [2.05, 4.69) is 46.9 Å². The standard InChI is InChI=1S/C23H45NO/c1-7-8-19-11-13-20(14-12-19)10-9-18(2)17-25-21-15-22(3,4)24-23(5,6)16-21/h18-21,24H,7-17H2,1-6H3. The van der Waals surface area contributed by atoms with E-state index >= 15 is 0 Å². The first kappa shape index (κ1) is 21.2. The normalized spacial score (nSPS) is 31.0. The monoisotopic (exact) mass is 351 g/mol. The highest BCUT2D eigenvalue weighted by molar-refractivity contribution is 4.97. The minimum atomic E-state index is 0.187. The number of hydrogen-bond acceptors (Lipinski definition) is 2. The predicted octanol–water partition coefficient (Wildman–Crippen LogP) is 6.34. The third kappa shape index (κ3) is 7.59. The van der Waals surface area contributed by atoms with Crippen LogP contribution in [-0.2, 0) is 4.74 Å². The molecule has 1 saturated carbocycles. The Balaban J connectivity index is 1.63. The summed E-state index contributed by atoms with van der Waals surface area (Å²) in [5.74, 6) is 2.73. The summed E-state index contributed by atoms with van der Waals surface area (Å²) in [4.78, 5) is 0. The first-order valence-electron chi connectivity index (χ1n) is 11.1. The molecule has 0 aromatic heterocycles. The highest BCUT2D eigenvalue weighted by Crippen LogP contribution is 2.35. The van der Waals surface area contributed by atoms with Gasteiger partial charge in [-0.05, 0) is 64.7 Å². The van der Waals surface area contributed by atoms with Crippen LogP contribution in [0.1, 0.15) is 106 Å². The number of ether oxygens (including phenoxy) is 1. The van der Waals surface area contributed by atoms with Gasteiger partial charge in [0.15, 0.2) is 0 Å². The number of piperidine rings is 1. The molecule has 1 atom stereocenters. The summed E-state index contributed by atoms with van der Waals surface area (Å²) in [6.45, 7) is 14.9. The van der Waals surface area contributed by atoms with Crippen molar-refractivity contribution in [2.45, 2.75) is 123 Å². The largest absolute Gasteiger partial charge is 0.378 e. The van der Waals surface area contributed by atoms with Crippen molar-refractivity contribution in [3.8, 4) is 0 Å². The van der Waals surface area contributed by atoms with E-state index in [1.165, 1.54) is 51.4 Å². The molecule has 25 heavy (non-hydrogen) atoms. The molecule has 0 radical (unpaired) electrons. The van der Waals surface area contributed by atoms with Gasteiger partial charge in [0, 0.05) is 17.7 Å². The van der Waals surface area contributed by atoms with E-state index in [0.29, 0.717) is 12.0 Å². The summed E-state index contributed by atoms with van der Waals surface area (Å²) in [7, 11) is 0. The Bertz CT molecular complexity index is 366. The lowest BCUT2D eigenvalue weighted by Crippen LogP contribution is -2.59. The summed E-state index contributed by atoms with van der Waals surface area (Å²) in [5.41, 5.74) is 0.375. The average Bonchev–Trinajstić information content (AvgIpc) is 2.49. The lowest BCUT2D eigenvalue weighted by Gasteiger charge is -2.46. The Labute approximate surface area is 157 Å². The second-order valence-corrected chi connectivity index (χ2v) is 10.6. The first-order chi connectivity index (χ1) is 11.7. The van der Waals surface area contributed by atoms with E-state index in [0.717, 1.165) is 31.3 Å². The van der Waals surface area contributed by atoms with Gasteiger partial charge in [-0.15, -0.1) is 0 Å². The summed E-state index contributed by atoms with van der Waals surface area (Å²) in [5, 5.41) is 3.75. The molecule has 1 aliphatic heterocycles.